The van der Waals surface area contributed by atoms with Gasteiger partial charge in [0.1, 0.15) is 12.2 Å². The average molecular weight is 605 g/mol. The molecule has 2 aromatic rings. The van der Waals surface area contributed by atoms with E-state index in [1.807, 2.05) is 49.6 Å². The summed E-state index contributed by atoms with van der Waals surface area (Å²) in [5.74, 6) is 1.75. The lowest BCUT2D eigenvalue weighted by atomic mass is 9.72. The molecule has 1 N–H and O–H groups in total. The van der Waals surface area contributed by atoms with Gasteiger partial charge in [-0.05, 0) is 63.0 Å². The summed E-state index contributed by atoms with van der Waals surface area (Å²) < 4.78 is 6.57. The summed E-state index contributed by atoms with van der Waals surface area (Å²) in [5.41, 5.74) is 2.07. The van der Waals surface area contributed by atoms with Crippen molar-refractivity contribution >= 4 is 29.0 Å². The third-order valence-corrected chi connectivity index (χ3v) is 9.57. The molecular formula is C36H52N4O4. The van der Waals surface area contributed by atoms with Gasteiger partial charge in [-0.1, -0.05) is 83.1 Å². The summed E-state index contributed by atoms with van der Waals surface area (Å²) in [6.45, 7) is 5.58. The van der Waals surface area contributed by atoms with Crippen LogP contribution in [0.2, 0.25) is 0 Å². The first-order valence-corrected chi connectivity index (χ1v) is 16.9. The Morgan fingerprint density at radius 1 is 1.00 bits per heavy atom. The van der Waals surface area contributed by atoms with Gasteiger partial charge in [0.25, 0.3) is 5.56 Å². The van der Waals surface area contributed by atoms with Crippen molar-refractivity contribution in [2.75, 3.05) is 13.7 Å². The molecule has 4 fully saturated rings. The smallest absolute Gasteiger partial charge is 0.325 e. The lowest BCUT2D eigenvalue weighted by Crippen LogP contribution is -2.50. The van der Waals surface area contributed by atoms with E-state index in [-0.39, 0.29) is 23.8 Å². The summed E-state index contributed by atoms with van der Waals surface area (Å²) in [5, 5.41) is 3.69. The maximum absolute atomic E-state index is 13.9. The maximum atomic E-state index is 13.9. The van der Waals surface area contributed by atoms with Gasteiger partial charge in [0.2, 0.25) is 6.41 Å². The number of allylic oxidation sites excluding steroid dienone is 3. The Morgan fingerprint density at radius 2 is 1.61 bits per heavy atom. The molecule has 4 aliphatic rings. The Balaban J connectivity index is 0.000000337. The number of methoxy groups -OCH3 is 1. The molecule has 2 saturated carbocycles. The largest absolute Gasteiger partial charge is 0.468 e. The Kier molecular flexibility index (Phi) is 12.8. The van der Waals surface area contributed by atoms with Gasteiger partial charge < -0.3 is 19.5 Å². The molecule has 6 rings (SSSR count). The Labute approximate surface area is 262 Å². The number of nitrogens with zero attached hydrogens (tertiary/aromatic N) is 3. The highest BCUT2D eigenvalue weighted by molar-refractivity contribution is 5.81. The van der Waals surface area contributed by atoms with E-state index in [9.17, 15) is 14.4 Å². The number of hydrogen-bond donors (Lipinski definition) is 1. The summed E-state index contributed by atoms with van der Waals surface area (Å²) in [4.78, 5) is 43.0. The van der Waals surface area contributed by atoms with E-state index < -0.39 is 5.97 Å². The van der Waals surface area contributed by atoms with Crippen LogP contribution < -0.4 is 10.9 Å². The standard InChI is InChI=1S/C25H30N4O4.C9H16.C2H6/c1-3-7-17(14-28(16-30)15-23(31)33-2)24-25(32)29(22-11-5-4-10-21(22)27-24)20-12-18-8-6-9-19(13-20)26-18;1-3-8-5-2-6-9(4-1)7-8;1-2/h3-5,7,10-11,14,16,18-20,26H,6,8-9,12-13,15H2,1-2H3;8-9H,1-7H2;1-2H3/b7-3-,17-14+;;. The van der Waals surface area contributed by atoms with Crippen molar-refractivity contribution in [1.82, 2.24) is 19.8 Å². The van der Waals surface area contributed by atoms with Crippen molar-refractivity contribution in [2.45, 2.75) is 116 Å². The molecule has 8 nitrogen and oxygen atoms in total. The lowest BCUT2D eigenvalue weighted by molar-refractivity contribution is -0.142. The molecule has 1 aromatic carbocycles. The fourth-order valence-corrected chi connectivity index (χ4v) is 7.64. The molecule has 0 spiro atoms. The van der Waals surface area contributed by atoms with Crippen LogP contribution in [0, 0.1) is 11.8 Å². The van der Waals surface area contributed by atoms with E-state index in [4.69, 9.17) is 0 Å². The minimum Gasteiger partial charge on any atom is -0.468 e. The molecule has 1 aromatic heterocycles. The highest BCUT2D eigenvalue weighted by Crippen LogP contribution is 2.39. The third-order valence-electron chi connectivity index (χ3n) is 9.57. The molecule has 3 heterocycles. The summed E-state index contributed by atoms with van der Waals surface area (Å²) in [6, 6.07) is 8.58. The van der Waals surface area contributed by atoms with Crippen LogP contribution in [-0.4, -0.2) is 52.6 Å². The summed E-state index contributed by atoms with van der Waals surface area (Å²) >= 11 is 0. The number of para-hydroxylation sites is 2. The number of ether oxygens (including phenoxy) is 1. The van der Waals surface area contributed by atoms with E-state index in [1.165, 1.54) is 32.6 Å². The number of fused-ring (bicyclic) bond motifs is 5. The maximum Gasteiger partial charge on any atom is 0.325 e. The molecule has 0 radical (unpaired) electrons. The van der Waals surface area contributed by atoms with E-state index in [0.717, 1.165) is 53.5 Å². The van der Waals surface area contributed by atoms with E-state index in [1.54, 1.807) is 44.3 Å². The van der Waals surface area contributed by atoms with Gasteiger partial charge in [0, 0.05) is 29.9 Å². The Bertz CT molecular complexity index is 1330. The molecule has 44 heavy (non-hydrogen) atoms. The molecule has 2 atom stereocenters. The number of hydrogen-bond acceptors (Lipinski definition) is 6. The minimum absolute atomic E-state index is 0.0739. The van der Waals surface area contributed by atoms with E-state index >= 15 is 0 Å². The van der Waals surface area contributed by atoms with Gasteiger partial charge in [-0.15, -0.1) is 0 Å². The fraction of sp³-hybridized carbons (Fsp3) is 0.611. The highest BCUT2D eigenvalue weighted by Gasteiger charge is 2.33. The first-order valence-electron chi connectivity index (χ1n) is 16.9. The van der Waals surface area contributed by atoms with Crippen molar-refractivity contribution in [2.24, 2.45) is 11.8 Å². The number of carbonyl (C=O) groups excluding carboxylic acids is 2. The Morgan fingerprint density at radius 3 is 2.18 bits per heavy atom. The lowest BCUT2D eigenvalue weighted by Gasteiger charge is -2.41. The fourth-order valence-electron chi connectivity index (χ4n) is 7.64. The van der Waals surface area contributed by atoms with Crippen molar-refractivity contribution in [1.29, 1.82) is 0 Å². The zero-order chi connectivity index (χ0) is 31.5. The molecule has 2 unspecified atom stereocenters. The SMILES string of the molecule is C/C=C\C(=C/N(C=O)CC(=O)OC)c1nc2ccccc2n(C2CC3CCCC(C2)N3)c1=O.C1CC2CCCC(C1)C2.CC. The Hall–Kier alpha value is -3.26. The third kappa shape index (κ3) is 8.46. The van der Waals surface area contributed by atoms with Gasteiger partial charge in [-0.2, -0.15) is 0 Å². The number of nitrogens with one attached hydrogen (secondary N) is 1. The normalized spacial score (nSPS) is 26.1. The van der Waals surface area contributed by atoms with Crippen LogP contribution in [-0.2, 0) is 14.3 Å². The first-order chi connectivity index (χ1) is 21.5. The zero-order valence-electron chi connectivity index (χ0n) is 27.2. The van der Waals surface area contributed by atoms with Crippen LogP contribution in [0.5, 0.6) is 0 Å². The van der Waals surface area contributed by atoms with E-state index in [0.29, 0.717) is 24.1 Å². The van der Waals surface area contributed by atoms with E-state index in [2.05, 4.69) is 15.0 Å². The van der Waals surface area contributed by atoms with Crippen molar-refractivity contribution in [3.05, 3.63) is 58.7 Å². The van der Waals surface area contributed by atoms with Crippen LogP contribution in [0.15, 0.2) is 47.4 Å². The second-order valence-electron chi connectivity index (χ2n) is 12.5. The number of amides is 1. The van der Waals surface area contributed by atoms with Crippen LogP contribution in [0.3, 0.4) is 0 Å². The van der Waals surface area contributed by atoms with Crippen LogP contribution in [0.4, 0.5) is 0 Å². The summed E-state index contributed by atoms with van der Waals surface area (Å²) in [6.07, 6.45) is 21.7. The van der Waals surface area contributed by atoms with Crippen molar-refractivity contribution in [3.63, 3.8) is 0 Å². The van der Waals surface area contributed by atoms with Crippen LogP contribution >= 0.6 is 0 Å². The molecule has 2 saturated heterocycles. The topological polar surface area (TPSA) is 93.5 Å². The van der Waals surface area contributed by atoms with Gasteiger partial charge in [0.15, 0.2) is 0 Å². The molecular weight excluding hydrogens is 552 g/mol. The number of esters is 1. The number of rotatable bonds is 7. The number of piperidine rings is 2. The quantitative estimate of drug-likeness (QED) is 0.212. The molecule has 2 aliphatic carbocycles. The van der Waals surface area contributed by atoms with Crippen molar-refractivity contribution in [3.8, 4) is 0 Å². The second kappa shape index (κ2) is 16.7. The first kappa shape index (κ1) is 33.6. The molecule has 2 aliphatic heterocycles. The predicted octanol–water partition coefficient (Wildman–Crippen LogP) is 6.79. The molecule has 240 valence electrons. The number of carbonyl (C=O) groups is 2. The second-order valence-corrected chi connectivity index (χ2v) is 12.5. The molecule has 8 heteroatoms. The van der Waals surface area contributed by atoms with Crippen molar-refractivity contribution < 1.29 is 14.3 Å². The molecule has 4 bridgehead atoms. The molecule has 1 amide bonds. The predicted molar refractivity (Wildman–Crippen MR) is 177 cm³/mol. The van der Waals surface area contributed by atoms with Crippen LogP contribution in [0.25, 0.3) is 16.6 Å². The van der Waals surface area contributed by atoms with Gasteiger partial charge >= 0.3 is 5.97 Å². The minimum atomic E-state index is -0.552. The average Bonchev–Trinajstić information content (AvgIpc) is 3.05. The van der Waals surface area contributed by atoms with Gasteiger partial charge in [0.05, 0.1) is 18.1 Å². The zero-order valence-corrected chi connectivity index (χ0v) is 27.2. The summed E-state index contributed by atoms with van der Waals surface area (Å²) in [7, 11) is 1.26. The highest BCUT2D eigenvalue weighted by atomic mass is 16.5. The number of aromatic nitrogens is 2. The van der Waals surface area contributed by atoms with Gasteiger partial charge in [-0.25, -0.2) is 4.98 Å². The van der Waals surface area contributed by atoms with Gasteiger partial charge in [-0.3, -0.25) is 14.4 Å². The monoisotopic (exact) mass is 604 g/mol. The van der Waals surface area contributed by atoms with Crippen LogP contribution in [0.1, 0.15) is 110 Å². The number of benzene rings is 1.